The molecule has 2 aromatic carbocycles. The van der Waals surface area contributed by atoms with Crippen molar-refractivity contribution < 1.29 is 9.53 Å². The van der Waals surface area contributed by atoms with Gasteiger partial charge in [0, 0.05) is 12.7 Å². The third-order valence-electron chi connectivity index (χ3n) is 3.74. The fraction of sp³-hybridized carbons (Fsp3) is 0.143. The van der Waals surface area contributed by atoms with Crippen LogP contribution in [0.25, 0.3) is 0 Å². The highest BCUT2D eigenvalue weighted by atomic mass is 16.5. The molecule has 0 aliphatic carbocycles. The van der Waals surface area contributed by atoms with E-state index in [0.717, 1.165) is 5.56 Å². The predicted octanol–water partition coefficient (Wildman–Crippen LogP) is 3.43. The average Bonchev–Trinajstić information content (AvgIpc) is 2.65. The fourth-order valence-corrected chi connectivity index (χ4v) is 2.44. The highest BCUT2D eigenvalue weighted by Crippen LogP contribution is 2.11. The van der Waals surface area contributed by atoms with E-state index in [1.54, 1.807) is 6.92 Å². The number of hydrogen-bond acceptors (Lipinski definition) is 2. The van der Waals surface area contributed by atoms with Gasteiger partial charge in [0.05, 0.1) is 0 Å². The van der Waals surface area contributed by atoms with Crippen molar-refractivity contribution in [2.75, 3.05) is 0 Å². The standard InChI is InChI=1S/C21H20N2O2/c1-17(25-19-12-6-3-7-13-19)21(24)22-20-14-8-9-15-23(20)16-18-10-4-2-5-11-18/h2-15,17H,16H2,1H3. The van der Waals surface area contributed by atoms with Gasteiger partial charge < -0.3 is 9.30 Å². The monoisotopic (exact) mass is 332 g/mol. The van der Waals surface area contributed by atoms with E-state index in [1.165, 1.54) is 0 Å². The third-order valence-corrected chi connectivity index (χ3v) is 3.74. The Morgan fingerprint density at radius 1 is 0.960 bits per heavy atom. The molecule has 0 saturated heterocycles. The SMILES string of the molecule is CC(Oc1ccccc1)C(=O)N=c1ccccn1Cc1ccccc1. The van der Waals surface area contributed by atoms with E-state index in [2.05, 4.69) is 4.99 Å². The van der Waals surface area contributed by atoms with Crippen molar-refractivity contribution >= 4 is 5.91 Å². The van der Waals surface area contributed by atoms with Gasteiger partial charge in [0.25, 0.3) is 5.91 Å². The van der Waals surface area contributed by atoms with Crippen LogP contribution in [0.15, 0.2) is 90.1 Å². The number of para-hydroxylation sites is 1. The van der Waals surface area contributed by atoms with Crippen LogP contribution in [0.2, 0.25) is 0 Å². The molecule has 4 nitrogen and oxygen atoms in total. The first-order chi connectivity index (χ1) is 12.2. The van der Waals surface area contributed by atoms with Crippen LogP contribution < -0.4 is 10.2 Å². The number of carbonyl (C=O) groups is 1. The number of amides is 1. The van der Waals surface area contributed by atoms with E-state index in [-0.39, 0.29) is 5.91 Å². The molecular weight excluding hydrogens is 312 g/mol. The number of ether oxygens (including phenoxy) is 1. The minimum atomic E-state index is -0.646. The number of pyridine rings is 1. The second-order valence-corrected chi connectivity index (χ2v) is 5.70. The van der Waals surface area contributed by atoms with Crippen LogP contribution in [-0.2, 0) is 11.3 Å². The first kappa shape index (κ1) is 16.7. The lowest BCUT2D eigenvalue weighted by Gasteiger charge is -2.12. The van der Waals surface area contributed by atoms with E-state index in [1.807, 2.05) is 89.6 Å². The highest BCUT2D eigenvalue weighted by molar-refractivity contribution is 5.81. The van der Waals surface area contributed by atoms with Crippen LogP contribution in [0.3, 0.4) is 0 Å². The van der Waals surface area contributed by atoms with Gasteiger partial charge in [-0.25, -0.2) is 0 Å². The van der Waals surface area contributed by atoms with E-state index in [0.29, 0.717) is 17.8 Å². The van der Waals surface area contributed by atoms with Crippen LogP contribution in [0, 0.1) is 0 Å². The molecule has 0 saturated carbocycles. The molecule has 4 heteroatoms. The summed E-state index contributed by atoms with van der Waals surface area (Å²) < 4.78 is 7.60. The van der Waals surface area contributed by atoms with E-state index < -0.39 is 6.10 Å². The summed E-state index contributed by atoms with van der Waals surface area (Å²) in [6.45, 7) is 2.37. The molecule has 25 heavy (non-hydrogen) atoms. The number of rotatable bonds is 5. The van der Waals surface area contributed by atoms with Crippen LogP contribution in [-0.4, -0.2) is 16.6 Å². The Labute approximate surface area is 147 Å². The molecule has 1 atom stereocenters. The van der Waals surface area contributed by atoms with Gasteiger partial charge in [0.2, 0.25) is 0 Å². The first-order valence-corrected chi connectivity index (χ1v) is 8.22. The molecule has 0 radical (unpaired) electrons. The summed E-state index contributed by atoms with van der Waals surface area (Å²) in [5.74, 6) is 0.348. The molecule has 0 aliphatic rings. The Balaban J connectivity index is 1.79. The van der Waals surface area contributed by atoms with Gasteiger partial charge in [0.15, 0.2) is 6.10 Å². The van der Waals surface area contributed by atoms with Gasteiger partial charge in [0.1, 0.15) is 11.2 Å². The minimum absolute atomic E-state index is 0.308. The van der Waals surface area contributed by atoms with Crippen LogP contribution in [0.1, 0.15) is 12.5 Å². The summed E-state index contributed by atoms with van der Waals surface area (Å²) in [7, 11) is 0. The summed E-state index contributed by atoms with van der Waals surface area (Å²) in [6.07, 6.45) is 1.27. The van der Waals surface area contributed by atoms with Crippen molar-refractivity contribution in [1.29, 1.82) is 0 Å². The summed E-state index contributed by atoms with van der Waals surface area (Å²) in [6, 6.07) is 25.0. The molecule has 0 N–H and O–H groups in total. The Morgan fingerprint density at radius 3 is 2.32 bits per heavy atom. The zero-order valence-electron chi connectivity index (χ0n) is 14.1. The molecular formula is C21H20N2O2. The molecule has 1 amide bonds. The van der Waals surface area contributed by atoms with E-state index in [9.17, 15) is 4.79 Å². The molecule has 0 aliphatic heterocycles. The fourth-order valence-electron chi connectivity index (χ4n) is 2.44. The summed E-state index contributed by atoms with van der Waals surface area (Å²) in [5.41, 5.74) is 1.76. The van der Waals surface area contributed by atoms with Crippen LogP contribution in [0.5, 0.6) is 5.75 Å². The smallest absolute Gasteiger partial charge is 0.288 e. The molecule has 1 unspecified atom stereocenters. The molecule has 3 rings (SSSR count). The van der Waals surface area contributed by atoms with Crippen molar-refractivity contribution in [3.05, 3.63) is 96.1 Å². The zero-order chi connectivity index (χ0) is 17.5. The van der Waals surface area contributed by atoms with Gasteiger partial charge >= 0.3 is 0 Å². The van der Waals surface area contributed by atoms with Crippen molar-refractivity contribution in [3.63, 3.8) is 0 Å². The lowest BCUT2D eigenvalue weighted by atomic mass is 10.2. The Hall–Kier alpha value is -3.14. The van der Waals surface area contributed by atoms with Crippen LogP contribution >= 0.6 is 0 Å². The first-order valence-electron chi connectivity index (χ1n) is 8.22. The molecule has 3 aromatic rings. The molecule has 1 heterocycles. The van der Waals surface area contributed by atoms with E-state index in [4.69, 9.17) is 4.74 Å². The number of carbonyl (C=O) groups excluding carboxylic acids is 1. The van der Waals surface area contributed by atoms with Gasteiger partial charge in [-0.1, -0.05) is 54.6 Å². The Morgan fingerprint density at radius 2 is 1.60 bits per heavy atom. The van der Waals surface area contributed by atoms with Crippen molar-refractivity contribution in [3.8, 4) is 5.75 Å². The Bertz CT molecular complexity index is 886. The van der Waals surface area contributed by atoms with Crippen molar-refractivity contribution in [2.45, 2.75) is 19.6 Å². The largest absolute Gasteiger partial charge is 0.481 e. The maximum atomic E-state index is 12.4. The summed E-state index contributed by atoms with van der Waals surface area (Å²) >= 11 is 0. The second-order valence-electron chi connectivity index (χ2n) is 5.70. The quantitative estimate of drug-likeness (QED) is 0.718. The lowest BCUT2D eigenvalue weighted by molar-refractivity contribution is -0.124. The summed E-state index contributed by atoms with van der Waals surface area (Å²) in [5, 5.41) is 0. The van der Waals surface area contributed by atoms with E-state index >= 15 is 0 Å². The molecule has 0 bridgehead atoms. The normalized spacial score (nSPS) is 12.6. The number of benzene rings is 2. The molecule has 126 valence electrons. The minimum Gasteiger partial charge on any atom is -0.481 e. The third kappa shape index (κ3) is 4.67. The molecule has 0 spiro atoms. The average molecular weight is 332 g/mol. The van der Waals surface area contributed by atoms with Gasteiger partial charge in [-0.15, -0.1) is 0 Å². The highest BCUT2D eigenvalue weighted by Gasteiger charge is 2.13. The van der Waals surface area contributed by atoms with Gasteiger partial charge in [-0.3, -0.25) is 4.79 Å². The van der Waals surface area contributed by atoms with Crippen LogP contribution in [0.4, 0.5) is 0 Å². The van der Waals surface area contributed by atoms with Crippen molar-refractivity contribution in [1.82, 2.24) is 4.57 Å². The van der Waals surface area contributed by atoms with Crippen molar-refractivity contribution in [2.24, 2.45) is 4.99 Å². The zero-order valence-corrected chi connectivity index (χ0v) is 14.1. The maximum absolute atomic E-state index is 12.4. The lowest BCUT2D eigenvalue weighted by Crippen LogP contribution is -2.28. The Kier molecular flexibility index (Phi) is 5.42. The summed E-state index contributed by atoms with van der Waals surface area (Å²) in [4.78, 5) is 16.7. The number of nitrogens with zero attached hydrogens (tertiary/aromatic N) is 2. The van der Waals surface area contributed by atoms with Gasteiger partial charge in [-0.2, -0.15) is 4.99 Å². The van der Waals surface area contributed by atoms with Gasteiger partial charge in [-0.05, 0) is 36.8 Å². The molecule has 0 fully saturated rings. The topological polar surface area (TPSA) is 43.6 Å². The molecule has 1 aromatic heterocycles. The number of aromatic nitrogens is 1. The maximum Gasteiger partial charge on any atom is 0.288 e. The second kappa shape index (κ2) is 8.11. The predicted molar refractivity (Wildman–Crippen MR) is 97.1 cm³/mol. The number of hydrogen-bond donors (Lipinski definition) is 0.